The standard InChI is InChI=1S/C9H7NO3/c1-12-9(11)7-8-6(2-4-10-7)3-5-13-8/h2-5H,1H3. The van der Waals surface area contributed by atoms with Crippen molar-refractivity contribution in [2.24, 2.45) is 0 Å². The minimum absolute atomic E-state index is 0.213. The molecule has 0 radical (unpaired) electrons. The zero-order valence-corrected chi connectivity index (χ0v) is 6.98. The fourth-order valence-corrected chi connectivity index (χ4v) is 1.14. The molecule has 0 unspecified atom stereocenters. The van der Waals surface area contributed by atoms with Gasteiger partial charge < -0.3 is 9.15 Å². The molecule has 0 atom stereocenters. The van der Waals surface area contributed by atoms with E-state index in [1.54, 1.807) is 18.3 Å². The van der Waals surface area contributed by atoms with Gasteiger partial charge in [0.25, 0.3) is 0 Å². The Hall–Kier alpha value is -1.84. The molecule has 0 fully saturated rings. The van der Waals surface area contributed by atoms with E-state index in [1.165, 1.54) is 13.4 Å². The van der Waals surface area contributed by atoms with Gasteiger partial charge in [0.15, 0.2) is 11.3 Å². The molecule has 2 heterocycles. The molecule has 0 amide bonds. The van der Waals surface area contributed by atoms with Gasteiger partial charge in [-0.3, -0.25) is 0 Å². The number of carbonyl (C=O) groups is 1. The number of esters is 1. The third kappa shape index (κ3) is 1.16. The van der Waals surface area contributed by atoms with E-state index in [2.05, 4.69) is 9.72 Å². The highest BCUT2D eigenvalue weighted by Gasteiger charge is 2.13. The average molecular weight is 177 g/mol. The Kier molecular flexibility index (Phi) is 1.73. The summed E-state index contributed by atoms with van der Waals surface area (Å²) in [6.07, 6.45) is 3.06. The fourth-order valence-electron chi connectivity index (χ4n) is 1.14. The average Bonchev–Trinajstić information content (AvgIpc) is 2.63. The summed E-state index contributed by atoms with van der Waals surface area (Å²) < 4.78 is 9.66. The van der Waals surface area contributed by atoms with Crippen molar-refractivity contribution < 1.29 is 13.9 Å². The van der Waals surface area contributed by atoms with Crippen molar-refractivity contribution in [1.82, 2.24) is 4.98 Å². The molecule has 0 aliphatic carbocycles. The van der Waals surface area contributed by atoms with Gasteiger partial charge in [-0.1, -0.05) is 0 Å². The van der Waals surface area contributed by atoms with Gasteiger partial charge in [0, 0.05) is 11.6 Å². The van der Waals surface area contributed by atoms with Crippen molar-refractivity contribution in [1.29, 1.82) is 0 Å². The monoisotopic (exact) mass is 177 g/mol. The second kappa shape index (κ2) is 2.90. The molecule has 4 nitrogen and oxygen atoms in total. The van der Waals surface area contributed by atoms with Crippen molar-refractivity contribution in [2.45, 2.75) is 0 Å². The van der Waals surface area contributed by atoms with Gasteiger partial charge in [-0.25, -0.2) is 9.78 Å². The SMILES string of the molecule is COC(=O)c1nccc2ccoc12. The maximum absolute atomic E-state index is 11.2. The van der Waals surface area contributed by atoms with Crippen LogP contribution in [0.3, 0.4) is 0 Å². The minimum atomic E-state index is -0.486. The van der Waals surface area contributed by atoms with E-state index in [9.17, 15) is 4.79 Å². The zero-order chi connectivity index (χ0) is 9.26. The fraction of sp³-hybridized carbons (Fsp3) is 0.111. The molecule has 0 saturated heterocycles. The van der Waals surface area contributed by atoms with Crippen LogP contribution in [0, 0.1) is 0 Å². The largest absolute Gasteiger partial charge is 0.464 e. The Bertz CT molecular complexity index is 447. The molecule has 2 aromatic heterocycles. The highest BCUT2D eigenvalue weighted by molar-refractivity contribution is 5.99. The second-order valence-electron chi connectivity index (χ2n) is 2.49. The van der Waals surface area contributed by atoms with E-state index < -0.39 is 5.97 Å². The van der Waals surface area contributed by atoms with Crippen LogP contribution in [-0.2, 0) is 4.74 Å². The van der Waals surface area contributed by atoms with E-state index in [-0.39, 0.29) is 5.69 Å². The molecule has 13 heavy (non-hydrogen) atoms. The lowest BCUT2D eigenvalue weighted by molar-refractivity contribution is 0.0595. The first kappa shape index (κ1) is 7.79. The molecule has 0 aromatic carbocycles. The predicted octanol–water partition coefficient (Wildman–Crippen LogP) is 1.61. The number of rotatable bonds is 1. The lowest BCUT2D eigenvalue weighted by Crippen LogP contribution is -2.03. The first-order chi connectivity index (χ1) is 6.33. The van der Waals surface area contributed by atoms with Gasteiger partial charge in [0.1, 0.15) is 0 Å². The molecule has 0 N–H and O–H groups in total. The zero-order valence-electron chi connectivity index (χ0n) is 6.98. The van der Waals surface area contributed by atoms with Crippen LogP contribution in [-0.4, -0.2) is 18.1 Å². The summed E-state index contributed by atoms with van der Waals surface area (Å²) >= 11 is 0. The van der Waals surface area contributed by atoms with Crippen molar-refractivity contribution in [3.8, 4) is 0 Å². The maximum atomic E-state index is 11.2. The molecule has 0 aliphatic heterocycles. The van der Waals surface area contributed by atoms with Gasteiger partial charge in [-0.15, -0.1) is 0 Å². The number of hydrogen-bond acceptors (Lipinski definition) is 4. The lowest BCUT2D eigenvalue weighted by Gasteiger charge is -1.97. The summed E-state index contributed by atoms with van der Waals surface area (Å²) in [6, 6.07) is 3.54. The van der Waals surface area contributed by atoms with Gasteiger partial charge in [0.2, 0.25) is 0 Å². The summed E-state index contributed by atoms with van der Waals surface area (Å²) in [6.45, 7) is 0. The molecule has 4 heteroatoms. The number of ether oxygens (including phenoxy) is 1. The van der Waals surface area contributed by atoms with Crippen LogP contribution in [0.2, 0.25) is 0 Å². The van der Waals surface area contributed by atoms with Gasteiger partial charge >= 0.3 is 5.97 Å². The van der Waals surface area contributed by atoms with Crippen LogP contribution in [0.5, 0.6) is 0 Å². The third-order valence-electron chi connectivity index (χ3n) is 1.75. The van der Waals surface area contributed by atoms with Crippen molar-refractivity contribution in [3.05, 3.63) is 30.3 Å². The number of pyridine rings is 1. The van der Waals surface area contributed by atoms with E-state index >= 15 is 0 Å². The summed E-state index contributed by atoms with van der Waals surface area (Å²) in [5, 5.41) is 0.843. The van der Waals surface area contributed by atoms with Crippen LogP contribution in [0.1, 0.15) is 10.5 Å². The Labute approximate surface area is 74.1 Å². The molecule has 2 aromatic rings. The van der Waals surface area contributed by atoms with Crippen LogP contribution in [0.4, 0.5) is 0 Å². The van der Waals surface area contributed by atoms with Gasteiger partial charge in [-0.2, -0.15) is 0 Å². The highest BCUT2D eigenvalue weighted by atomic mass is 16.5. The molecule has 0 aliphatic rings. The number of furan rings is 1. The molecule has 0 spiro atoms. The predicted molar refractivity (Wildman–Crippen MR) is 45.3 cm³/mol. The Morgan fingerprint density at radius 3 is 3.15 bits per heavy atom. The highest BCUT2D eigenvalue weighted by Crippen LogP contribution is 2.17. The van der Waals surface area contributed by atoms with Crippen molar-refractivity contribution in [2.75, 3.05) is 7.11 Å². The van der Waals surface area contributed by atoms with Crippen LogP contribution in [0.15, 0.2) is 29.0 Å². The smallest absolute Gasteiger partial charge is 0.360 e. The quantitative estimate of drug-likeness (QED) is 0.621. The van der Waals surface area contributed by atoms with Gasteiger partial charge in [0.05, 0.1) is 13.4 Å². The first-order valence-corrected chi connectivity index (χ1v) is 3.73. The van der Waals surface area contributed by atoms with Crippen LogP contribution in [0.25, 0.3) is 11.0 Å². The summed E-state index contributed by atoms with van der Waals surface area (Å²) in [7, 11) is 1.31. The molecule has 2 rings (SSSR count). The Balaban J connectivity index is 2.67. The van der Waals surface area contributed by atoms with E-state index in [0.29, 0.717) is 5.58 Å². The Morgan fingerprint density at radius 1 is 1.54 bits per heavy atom. The number of aromatic nitrogens is 1. The third-order valence-corrected chi connectivity index (χ3v) is 1.75. The first-order valence-electron chi connectivity index (χ1n) is 3.73. The van der Waals surface area contributed by atoms with E-state index in [1.807, 2.05) is 0 Å². The lowest BCUT2D eigenvalue weighted by atomic mass is 10.2. The van der Waals surface area contributed by atoms with Gasteiger partial charge in [-0.05, 0) is 12.1 Å². The molecule has 66 valence electrons. The Morgan fingerprint density at radius 2 is 2.38 bits per heavy atom. The number of hydrogen-bond donors (Lipinski definition) is 0. The molecular weight excluding hydrogens is 170 g/mol. The summed E-state index contributed by atoms with van der Waals surface area (Å²) in [5.41, 5.74) is 0.680. The number of carbonyl (C=O) groups excluding carboxylic acids is 1. The number of nitrogens with zero attached hydrogens (tertiary/aromatic N) is 1. The van der Waals surface area contributed by atoms with Crippen molar-refractivity contribution >= 4 is 16.9 Å². The topological polar surface area (TPSA) is 52.3 Å². The summed E-state index contributed by atoms with van der Waals surface area (Å²) in [4.78, 5) is 15.1. The number of methoxy groups -OCH3 is 1. The number of fused-ring (bicyclic) bond motifs is 1. The van der Waals surface area contributed by atoms with Crippen LogP contribution >= 0.6 is 0 Å². The van der Waals surface area contributed by atoms with Crippen LogP contribution < -0.4 is 0 Å². The minimum Gasteiger partial charge on any atom is -0.464 e. The molecule has 0 bridgehead atoms. The molecule has 0 saturated carbocycles. The second-order valence-corrected chi connectivity index (χ2v) is 2.49. The maximum Gasteiger partial charge on any atom is 0.360 e. The van der Waals surface area contributed by atoms with Crippen molar-refractivity contribution in [3.63, 3.8) is 0 Å². The molecular formula is C9H7NO3. The summed E-state index contributed by atoms with van der Waals surface area (Å²) in [5.74, 6) is -0.486. The normalized spacial score (nSPS) is 10.2. The van der Waals surface area contributed by atoms with E-state index in [0.717, 1.165) is 5.39 Å². The van der Waals surface area contributed by atoms with E-state index in [4.69, 9.17) is 4.42 Å².